The third-order valence-corrected chi connectivity index (χ3v) is 3.42. The molecule has 1 aromatic rings. The van der Waals surface area contributed by atoms with Gasteiger partial charge in [-0.1, -0.05) is 12.1 Å². The van der Waals surface area contributed by atoms with Crippen LogP contribution in [0.3, 0.4) is 0 Å². The molecule has 0 bridgehead atoms. The first-order valence-electron chi connectivity index (χ1n) is 5.95. The third-order valence-electron chi connectivity index (χ3n) is 3.42. The summed E-state index contributed by atoms with van der Waals surface area (Å²) in [4.78, 5) is 25.6. The van der Waals surface area contributed by atoms with Crippen molar-refractivity contribution in [3.8, 4) is 0 Å². The molecule has 1 saturated heterocycles. The first-order valence-corrected chi connectivity index (χ1v) is 5.95. The summed E-state index contributed by atoms with van der Waals surface area (Å²) in [6.45, 7) is 0.201. The van der Waals surface area contributed by atoms with E-state index in [9.17, 15) is 14.7 Å². The van der Waals surface area contributed by atoms with Crippen molar-refractivity contribution in [1.82, 2.24) is 4.90 Å². The van der Waals surface area contributed by atoms with Gasteiger partial charge in [0.05, 0.1) is 23.8 Å². The number of aliphatic hydroxyl groups is 1. The maximum Gasteiger partial charge on any atom is 0.261 e. The maximum atomic E-state index is 12.2. The number of hydrogen-bond donors (Lipinski definition) is 1. The maximum absolute atomic E-state index is 12.2. The molecule has 1 unspecified atom stereocenters. The van der Waals surface area contributed by atoms with Gasteiger partial charge in [0.25, 0.3) is 11.8 Å². The second kappa shape index (κ2) is 4.19. The molecule has 1 aromatic carbocycles. The number of benzene rings is 1. The van der Waals surface area contributed by atoms with Crippen LogP contribution >= 0.6 is 0 Å². The second-order valence-electron chi connectivity index (χ2n) is 4.55. The normalized spacial score (nSPS) is 27.5. The van der Waals surface area contributed by atoms with E-state index in [1.807, 2.05) is 0 Å². The summed E-state index contributed by atoms with van der Waals surface area (Å²) in [5.74, 6) is -0.527. The van der Waals surface area contributed by atoms with E-state index in [1.165, 1.54) is 4.90 Å². The summed E-state index contributed by atoms with van der Waals surface area (Å²) in [5, 5.41) is 9.26. The number of nitrogens with zero attached hydrogens (tertiary/aromatic N) is 1. The van der Waals surface area contributed by atoms with E-state index in [-0.39, 0.29) is 24.5 Å². The van der Waals surface area contributed by atoms with Crippen molar-refractivity contribution >= 4 is 11.8 Å². The third kappa shape index (κ3) is 1.63. The Morgan fingerprint density at radius 2 is 1.72 bits per heavy atom. The summed E-state index contributed by atoms with van der Waals surface area (Å²) in [5.41, 5.74) is 0.905. The molecule has 2 heterocycles. The van der Waals surface area contributed by atoms with Crippen molar-refractivity contribution in [2.75, 3.05) is 6.61 Å². The molecule has 18 heavy (non-hydrogen) atoms. The molecule has 3 rings (SSSR count). The zero-order valence-electron chi connectivity index (χ0n) is 9.70. The minimum atomic E-state index is -0.781. The highest BCUT2D eigenvalue weighted by molar-refractivity contribution is 6.21. The van der Waals surface area contributed by atoms with Gasteiger partial charge in [-0.05, 0) is 18.6 Å². The monoisotopic (exact) mass is 247 g/mol. The van der Waals surface area contributed by atoms with Gasteiger partial charge in [0.1, 0.15) is 0 Å². The highest BCUT2D eigenvalue weighted by Crippen LogP contribution is 2.28. The van der Waals surface area contributed by atoms with Gasteiger partial charge in [0.2, 0.25) is 0 Å². The lowest BCUT2D eigenvalue weighted by Crippen LogP contribution is -2.46. The minimum absolute atomic E-state index is 0.201. The van der Waals surface area contributed by atoms with E-state index >= 15 is 0 Å². The molecule has 0 saturated carbocycles. The molecule has 5 nitrogen and oxygen atoms in total. The Labute approximate surface area is 104 Å². The fourth-order valence-electron chi connectivity index (χ4n) is 2.47. The molecule has 1 fully saturated rings. The second-order valence-corrected chi connectivity index (χ2v) is 4.55. The number of amides is 2. The number of hydrogen-bond acceptors (Lipinski definition) is 4. The molecule has 2 aliphatic heterocycles. The lowest BCUT2D eigenvalue weighted by Gasteiger charge is -2.31. The van der Waals surface area contributed by atoms with Gasteiger partial charge >= 0.3 is 0 Å². The number of rotatable bonds is 1. The van der Waals surface area contributed by atoms with Crippen molar-refractivity contribution in [3.63, 3.8) is 0 Å². The number of fused-ring (bicyclic) bond motifs is 1. The number of ether oxygens (including phenoxy) is 1. The van der Waals surface area contributed by atoms with E-state index in [4.69, 9.17) is 4.74 Å². The van der Waals surface area contributed by atoms with E-state index < -0.39 is 6.29 Å². The average Bonchev–Trinajstić information content (AvgIpc) is 2.64. The van der Waals surface area contributed by atoms with Crippen LogP contribution in [0, 0.1) is 0 Å². The van der Waals surface area contributed by atoms with Crippen LogP contribution in [0.4, 0.5) is 0 Å². The molecular weight excluding hydrogens is 234 g/mol. The zero-order chi connectivity index (χ0) is 12.7. The van der Waals surface area contributed by atoms with Crippen LogP contribution in [0.5, 0.6) is 0 Å². The SMILES string of the molecule is O=C1c2ccccc2C(=O)N1[C@@H]1CCC(O)OC1. The Morgan fingerprint density at radius 1 is 1.11 bits per heavy atom. The lowest BCUT2D eigenvalue weighted by atomic mass is 10.1. The zero-order valence-corrected chi connectivity index (χ0v) is 9.70. The Balaban J connectivity index is 1.88. The van der Waals surface area contributed by atoms with Gasteiger partial charge in [0.15, 0.2) is 6.29 Å². The molecule has 2 atom stereocenters. The first-order chi connectivity index (χ1) is 8.68. The molecule has 0 spiro atoms. The molecule has 5 heteroatoms. The van der Waals surface area contributed by atoms with Gasteiger partial charge < -0.3 is 9.84 Å². The fourth-order valence-corrected chi connectivity index (χ4v) is 2.47. The van der Waals surface area contributed by atoms with Crippen LogP contribution < -0.4 is 0 Å². The molecule has 1 N–H and O–H groups in total. The van der Waals surface area contributed by atoms with E-state index in [0.29, 0.717) is 24.0 Å². The predicted octanol–water partition coefficient (Wildman–Crippen LogP) is 0.780. The molecule has 94 valence electrons. The minimum Gasteiger partial charge on any atom is -0.368 e. The fraction of sp³-hybridized carbons (Fsp3) is 0.385. The van der Waals surface area contributed by atoms with Crippen LogP contribution in [0.25, 0.3) is 0 Å². The molecule has 0 aliphatic carbocycles. The highest BCUT2D eigenvalue weighted by atomic mass is 16.6. The Morgan fingerprint density at radius 3 is 2.22 bits per heavy atom. The predicted molar refractivity (Wildman–Crippen MR) is 61.9 cm³/mol. The van der Waals surface area contributed by atoms with Crippen LogP contribution in [-0.4, -0.2) is 40.8 Å². The topological polar surface area (TPSA) is 66.8 Å². The summed E-state index contributed by atoms with van der Waals surface area (Å²) in [6, 6.07) is 6.53. The largest absolute Gasteiger partial charge is 0.368 e. The highest BCUT2D eigenvalue weighted by Gasteiger charge is 2.40. The summed E-state index contributed by atoms with van der Waals surface area (Å²) in [7, 11) is 0. The standard InChI is InChI=1S/C13H13NO4/c15-11-6-5-8(7-18-11)14-12(16)9-3-1-2-4-10(9)13(14)17/h1-4,8,11,15H,5-7H2/t8-,11?/m1/s1. The smallest absolute Gasteiger partial charge is 0.261 e. The lowest BCUT2D eigenvalue weighted by molar-refractivity contribution is -0.139. The Bertz CT molecular complexity index is 470. The van der Waals surface area contributed by atoms with Crippen molar-refractivity contribution in [3.05, 3.63) is 35.4 Å². The number of carbonyl (C=O) groups is 2. The van der Waals surface area contributed by atoms with Crippen molar-refractivity contribution in [2.24, 2.45) is 0 Å². The molecule has 2 aliphatic rings. The van der Waals surface area contributed by atoms with E-state index in [2.05, 4.69) is 0 Å². The van der Waals surface area contributed by atoms with Crippen molar-refractivity contribution in [1.29, 1.82) is 0 Å². The van der Waals surface area contributed by atoms with Crippen LogP contribution in [0.1, 0.15) is 33.6 Å². The van der Waals surface area contributed by atoms with E-state index in [0.717, 1.165) is 0 Å². The van der Waals surface area contributed by atoms with Crippen molar-refractivity contribution < 1.29 is 19.4 Å². The first kappa shape index (κ1) is 11.4. The number of carbonyl (C=O) groups excluding carboxylic acids is 2. The molecule has 2 amide bonds. The van der Waals surface area contributed by atoms with Gasteiger partial charge in [0, 0.05) is 6.42 Å². The quantitative estimate of drug-likeness (QED) is 0.745. The molecule has 0 aromatic heterocycles. The van der Waals surface area contributed by atoms with Crippen LogP contribution in [0.15, 0.2) is 24.3 Å². The Hall–Kier alpha value is -1.72. The number of aliphatic hydroxyl groups excluding tert-OH is 1. The average molecular weight is 247 g/mol. The molecular formula is C13H13NO4. The van der Waals surface area contributed by atoms with Crippen LogP contribution in [-0.2, 0) is 4.74 Å². The van der Waals surface area contributed by atoms with Crippen LogP contribution in [0.2, 0.25) is 0 Å². The Kier molecular flexibility index (Phi) is 2.65. The van der Waals surface area contributed by atoms with Crippen molar-refractivity contribution in [2.45, 2.75) is 25.2 Å². The summed E-state index contributed by atoms with van der Waals surface area (Å²) >= 11 is 0. The van der Waals surface area contributed by atoms with Gasteiger partial charge in [-0.2, -0.15) is 0 Å². The molecule has 0 radical (unpaired) electrons. The van der Waals surface area contributed by atoms with Gasteiger partial charge in [-0.3, -0.25) is 14.5 Å². The van der Waals surface area contributed by atoms with Gasteiger partial charge in [-0.15, -0.1) is 0 Å². The van der Waals surface area contributed by atoms with E-state index in [1.54, 1.807) is 24.3 Å². The van der Waals surface area contributed by atoms with Gasteiger partial charge in [-0.25, -0.2) is 0 Å². The summed E-state index contributed by atoms with van der Waals surface area (Å²) < 4.78 is 5.11. The number of imide groups is 1. The summed E-state index contributed by atoms with van der Waals surface area (Å²) in [6.07, 6.45) is 0.237.